The zero-order valence-electron chi connectivity index (χ0n) is 20.4. The molecule has 0 radical (unpaired) electrons. The van der Waals surface area contributed by atoms with Crippen LogP contribution in [0, 0.1) is 5.82 Å². The van der Waals surface area contributed by atoms with E-state index in [4.69, 9.17) is 4.74 Å². The summed E-state index contributed by atoms with van der Waals surface area (Å²) in [4.78, 5) is 28.1. The van der Waals surface area contributed by atoms with E-state index >= 15 is 0 Å². The van der Waals surface area contributed by atoms with Crippen molar-refractivity contribution >= 4 is 11.8 Å². The lowest BCUT2D eigenvalue weighted by atomic mass is 9.77. The maximum atomic E-state index is 13.7. The molecule has 4 atom stereocenters. The smallest absolute Gasteiger partial charge is 0.247 e. The summed E-state index contributed by atoms with van der Waals surface area (Å²) in [6.07, 6.45) is 2.08. The predicted octanol–water partition coefficient (Wildman–Crippen LogP) is 2.71. The molecule has 1 aliphatic heterocycles. The summed E-state index contributed by atoms with van der Waals surface area (Å²) in [5.41, 5.74) is 1.93. The number of benzene rings is 2. The molecule has 36 heavy (non-hydrogen) atoms. The number of aliphatic hydroxyl groups excluding tert-OH is 2. The molecule has 2 aliphatic rings. The second kappa shape index (κ2) is 11.7. The first-order valence-electron chi connectivity index (χ1n) is 12.5. The lowest BCUT2D eigenvalue weighted by Gasteiger charge is -2.41. The average Bonchev–Trinajstić information content (AvgIpc) is 3.27. The molecule has 8 heteroatoms. The van der Waals surface area contributed by atoms with Crippen LogP contribution in [0.3, 0.4) is 0 Å². The second-order valence-corrected chi connectivity index (χ2v) is 9.25. The number of amides is 2. The number of aliphatic hydroxyl groups is 2. The third kappa shape index (κ3) is 5.44. The fraction of sp³-hybridized carbons (Fsp3) is 0.429. The first-order chi connectivity index (χ1) is 17.4. The summed E-state index contributed by atoms with van der Waals surface area (Å²) < 4.78 is 19.9. The third-order valence-electron chi connectivity index (χ3n) is 6.83. The normalized spacial score (nSPS) is 22.2. The Morgan fingerprint density at radius 2 is 1.97 bits per heavy atom. The minimum absolute atomic E-state index is 0.0853. The number of carbonyl (C=O) groups excluding carboxylic acids is 2. The van der Waals surface area contributed by atoms with E-state index in [1.54, 1.807) is 29.2 Å². The van der Waals surface area contributed by atoms with E-state index in [2.05, 4.69) is 5.32 Å². The van der Waals surface area contributed by atoms with Crippen LogP contribution in [0.25, 0.3) is 0 Å². The number of carbonyl (C=O) groups is 2. The molecule has 1 heterocycles. The van der Waals surface area contributed by atoms with Gasteiger partial charge in [-0.25, -0.2) is 4.39 Å². The molecule has 2 aromatic rings. The number of rotatable bonds is 10. The number of fused-ring (bicyclic) bond motifs is 3. The van der Waals surface area contributed by atoms with Gasteiger partial charge in [0, 0.05) is 30.6 Å². The second-order valence-electron chi connectivity index (χ2n) is 9.25. The molecule has 2 amide bonds. The molecule has 3 N–H and O–H groups in total. The summed E-state index contributed by atoms with van der Waals surface area (Å²) in [7, 11) is 0. The standard InChI is InChI=1S/C28H33FN2O5/c1-2-3-11-24(33)31(14-12-18-7-6-8-19(29)16-18)22-17-21(28(35)30-13-15-32)25-20-9-4-5-10-23(20)36-27(25)26(22)34/h4-10,16-17,22,25-27,32,34H,2-3,11-15H2,1H3,(H,30,35)/t22-,25+,26+,27+/m1/s1. The van der Waals surface area contributed by atoms with Gasteiger partial charge in [-0.3, -0.25) is 9.59 Å². The molecular weight excluding hydrogens is 463 g/mol. The van der Waals surface area contributed by atoms with E-state index in [0.717, 1.165) is 17.5 Å². The minimum atomic E-state index is -1.07. The van der Waals surface area contributed by atoms with Crippen molar-refractivity contribution in [1.82, 2.24) is 10.2 Å². The number of halogens is 1. The van der Waals surface area contributed by atoms with Crippen LogP contribution in [-0.2, 0) is 16.0 Å². The molecule has 0 saturated carbocycles. The van der Waals surface area contributed by atoms with Gasteiger partial charge in [0.25, 0.3) is 0 Å². The monoisotopic (exact) mass is 496 g/mol. The van der Waals surface area contributed by atoms with Gasteiger partial charge in [0.1, 0.15) is 23.8 Å². The van der Waals surface area contributed by atoms with Gasteiger partial charge in [-0.2, -0.15) is 0 Å². The molecule has 0 unspecified atom stereocenters. The average molecular weight is 497 g/mol. The van der Waals surface area contributed by atoms with Crippen molar-refractivity contribution in [1.29, 1.82) is 0 Å². The van der Waals surface area contributed by atoms with Crippen LogP contribution in [0.5, 0.6) is 5.75 Å². The van der Waals surface area contributed by atoms with Gasteiger partial charge < -0.3 is 25.2 Å². The summed E-state index contributed by atoms with van der Waals surface area (Å²) in [6, 6.07) is 12.8. The van der Waals surface area contributed by atoms with Gasteiger partial charge in [-0.05, 0) is 42.7 Å². The molecule has 0 bridgehead atoms. The maximum absolute atomic E-state index is 13.7. The van der Waals surface area contributed by atoms with Gasteiger partial charge in [0.15, 0.2) is 0 Å². The largest absolute Gasteiger partial charge is 0.486 e. The first-order valence-corrected chi connectivity index (χ1v) is 12.5. The SMILES string of the molecule is CCCCC(=O)N(CCc1cccc(F)c1)[C@@H]1C=C(C(=O)NCCO)[C@@H]2c3ccccc3O[C@@H]2[C@H]1O. The highest BCUT2D eigenvalue weighted by Gasteiger charge is 2.50. The number of para-hydroxylation sites is 1. The Hall–Kier alpha value is -3.23. The highest BCUT2D eigenvalue weighted by molar-refractivity contribution is 5.96. The molecule has 1 aliphatic carbocycles. The lowest BCUT2D eigenvalue weighted by Crippen LogP contribution is -2.56. The van der Waals surface area contributed by atoms with Crippen molar-refractivity contribution in [3.63, 3.8) is 0 Å². The van der Waals surface area contributed by atoms with Crippen molar-refractivity contribution < 1.29 is 28.9 Å². The summed E-state index contributed by atoms with van der Waals surface area (Å²) in [5, 5.41) is 23.4. The Morgan fingerprint density at radius 3 is 2.72 bits per heavy atom. The molecular formula is C28H33FN2O5. The molecule has 4 rings (SSSR count). The van der Waals surface area contributed by atoms with E-state index in [0.29, 0.717) is 30.6 Å². The van der Waals surface area contributed by atoms with Gasteiger partial charge in [0.2, 0.25) is 11.8 Å². The van der Waals surface area contributed by atoms with Crippen LogP contribution in [-0.4, -0.2) is 64.9 Å². The molecule has 192 valence electrons. The molecule has 0 spiro atoms. The lowest BCUT2D eigenvalue weighted by molar-refractivity contribution is -0.137. The Kier molecular flexibility index (Phi) is 8.38. The van der Waals surface area contributed by atoms with E-state index < -0.39 is 24.2 Å². The number of nitrogens with one attached hydrogen (secondary N) is 1. The zero-order valence-corrected chi connectivity index (χ0v) is 20.4. The van der Waals surface area contributed by atoms with Crippen LogP contribution in [0.15, 0.2) is 60.2 Å². The molecule has 2 aromatic carbocycles. The van der Waals surface area contributed by atoms with Gasteiger partial charge in [-0.1, -0.05) is 43.7 Å². The fourth-order valence-corrected chi connectivity index (χ4v) is 5.04. The van der Waals surface area contributed by atoms with E-state index in [1.165, 1.54) is 12.1 Å². The van der Waals surface area contributed by atoms with E-state index in [9.17, 15) is 24.2 Å². The van der Waals surface area contributed by atoms with Crippen LogP contribution >= 0.6 is 0 Å². The van der Waals surface area contributed by atoms with Crippen molar-refractivity contribution in [2.75, 3.05) is 19.7 Å². The molecule has 0 saturated heterocycles. The summed E-state index contributed by atoms with van der Waals surface area (Å²) in [6.45, 7) is 2.13. The first kappa shape index (κ1) is 25.9. The summed E-state index contributed by atoms with van der Waals surface area (Å²) in [5.74, 6) is -0.768. The van der Waals surface area contributed by atoms with Crippen LogP contribution < -0.4 is 10.1 Å². The van der Waals surface area contributed by atoms with Crippen molar-refractivity contribution in [3.8, 4) is 5.75 Å². The Labute approximate surface area is 210 Å². The quantitative estimate of drug-likeness (QED) is 0.470. The number of nitrogens with zero attached hydrogens (tertiary/aromatic N) is 1. The Balaban J connectivity index is 1.69. The van der Waals surface area contributed by atoms with Crippen LogP contribution in [0.2, 0.25) is 0 Å². The van der Waals surface area contributed by atoms with Crippen molar-refractivity contribution in [2.45, 2.75) is 56.8 Å². The third-order valence-corrected chi connectivity index (χ3v) is 6.83. The van der Waals surface area contributed by atoms with Crippen molar-refractivity contribution in [3.05, 3.63) is 77.1 Å². The van der Waals surface area contributed by atoms with E-state index in [-0.39, 0.29) is 37.3 Å². The van der Waals surface area contributed by atoms with Crippen molar-refractivity contribution in [2.24, 2.45) is 0 Å². The van der Waals surface area contributed by atoms with Crippen LogP contribution in [0.4, 0.5) is 4.39 Å². The fourth-order valence-electron chi connectivity index (χ4n) is 5.04. The zero-order chi connectivity index (χ0) is 25.7. The van der Waals surface area contributed by atoms with Gasteiger partial charge in [0.05, 0.1) is 18.6 Å². The van der Waals surface area contributed by atoms with Gasteiger partial charge >= 0.3 is 0 Å². The topological polar surface area (TPSA) is 99.1 Å². The highest BCUT2D eigenvalue weighted by Crippen LogP contribution is 2.47. The number of hydrogen-bond donors (Lipinski definition) is 3. The maximum Gasteiger partial charge on any atom is 0.247 e. The number of unbranched alkanes of at least 4 members (excludes halogenated alkanes) is 1. The predicted molar refractivity (Wildman–Crippen MR) is 133 cm³/mol. The molecule has 0 fully saturated rings. The summed E-state index contributed by atoms with van der Waals surface area (Å²) >= 11 is 0. The highest BCUT2D eigenvalue weighted by atomic mass is 19.1. The minimum Gasteiger partial charge on any atom is -0.486 e. The van der Waals surface area contributed by atoms with E-state index in [1.807, 2.05) is 25.1 Å². The number of ether oxygens (including phenoxy) is 1. The Bertz CT molecular complexity index is 1120. The van der Waals surface area contributed by atoms with Crippen LogP contribution in [0.1, 0.15) is 43.2 Å². The molecule has 7 nitrogen and oxygen atoms in total. The number of hydrogen-bond acceptors (Lipinski definition) is 5. The molecule has 0 aromatic heterocycles. The Morgan fingerprint density at radius 1 is 1.17 bits per heavy atom. The van der Waals surface area contributed by atoms with Gasteiger partial charge in [-0.15, -0.1) is 0 Å².